The second-order valence-electron chi connectivity index (χ2n) is 5.54. The molecule has 1 heteroatoms. The first-order chi connectivity index (χ1) is 7.83. The van der Waals surface area contributed by atoms with E-state index < -0.39 is 0 Å². The first-order valence-corrected chi connectivity index (χ1v) is 6.63. The molecule has 1 aromatic carbocycles. The molecule has 2 aliphatic carbocycles. The summed E-state index contributed by atoms with van der Waals surface area (Å²) in [4.78, 5) is 0. The van der Waals surface area contributed by atoms with Crippen LogP contribution in [0.4, 0.5) is 0 Å². The van der Waals surface area contributed by atoms with E-state index in [-0.39, 0.29) is 0 Å². The van der Waals surface area contributed by atoms with Gasteiger partial charge in [-0.2, -0.15) is 0 Å². The smallest absolute Gasteiger partial charge is 0.00684 e. The van der Waals surface area contributed by atoms with Crippen LogP contribution in [0, 0.1) is 12.8 Å². The van der Waals surface area contributed by atoms with Crippen LogP contribution in [0.15, 0.2) is 24.3 Å². The minimum absolute atomic E-state index is 0.764. The van der Waals surface area contributed by atoms with Gasteiger partial charge in [0, 0.05) is 12.6 Å². The summed E-state index contributed by atoms with van der Waals surface area (Å²) in [6, 6.07) is 9.92. The van der Waals surface area contributed by atoms with E-state index in [2.05, 4.69) is 36.5 Å². The van der Waals surface area contributed by atoms with Gasteiger partial charge in [-0.05, 0) is 50.0 Å². The topological polar surface area (TPSA) is 12.0 Å². The predicted molar refractivity (Wildman–Crippen MR) is 67.7 cm³/mol. The maximum absolute atomic E-state index is 3.70. The Kier molecular flexibility index (Phi) is 2.72. The summed E-state index contributed by atoms with van der Waals surface area (Å²) >= 11 is 0. The van der Waals surface area contributed by atoms with E-state index in [9.17, 15) is 0 Å². The highest BCUT2D eigenvalue weighted by Crippen LogP contribution is 2.42. The molecule has 86 valence electrons. The van der Waals surface area contributed by atoms with Gasteiger partial charge in [0.05, 0.1) is 0 Å². The van der Waals surface area contributed by atoms with Crippen LogP contribution in [0.2, 0.25) is 0 Å². The second-order valence-corrected chi connectivity index (χ2v) is 5.54. The van der Waals surface area contributed by atoms with E-state index in [1.807, 2.05) is 0 Å². The number of benzene rings is 1. The first kappa shape index (κ1) is 10.3. The third-order valence-electron chi connectivity index (χ3n) is 3.87. The van der Waals surface area contributed by atoms with Gasteiger partial charge < -0.3 is 5.32 Å². The zero-order valence-electron chi connectivity index (χ0n) is 10.1. The monoisotopic (exact) mass is 215 g/mol. The van der Waals surface area contributed by atoms with Crippen molar-refractivity contribution in [3.8, 4) is 0 Å². The summed E-state index contributed by atoms with van der Waals surface area (Å²) in [5.41, 5.74) is 2.95. The maximum atomic E-state index is 3.70. The summed E-state index contributed by atoms with van der Waals surface area (Å²) < 4.78 is 0. The fraction of sp³-hybridized carbons (Fsp3) is 0.600. The van der Waals surface area contributed by atoms with E-state index in [0.29, 0.717) is 0 Å². The molecule has 0 bridgehead atoms. The molecular formula is C15H21N. The molecule has 2 fully saturated rings. The van der Waals surface area contributed by atoms with Crippen molar-refractivity contribution in [1.29, 1.82) is 0 Å². The standard InChI is InChI=1S/C15H21N/c1-11-3-2-4-13(9-11)15(12-5-6-12)10-16-14-7-8-14/h2-4,9,12,14-16H,5-8,10H2,1H3. The number of hydrogen-bond acceptors (Lipinski definition) is 1. The van der Waals surface area contributed by atoms with Gasteiger partial charge in [-0.1, -0.05) is 29.8 Å². The molecule has 0 radical (unpaired) electrons. The number of hydrogen-bond donors (Lipinski definition) is 1. The molecule has 2 aliphatic rings. The molecular weight excluding hydrogens is 194 g/mol. The normalized spacial score (nSPS) is 22.1. The van der Waals surface area contributed by atoms with Crippen molar-refractivity contribution in [2.45, 2.75) is 44.6 Å². The number of aryl methyl sites for hydroxylation is 1. The molecule has 0 aliphatic heterocycles. The average molecular weight is 215 g/mol. The Morgan fingerprint density at radius 3 is 2.69 bits per heavy atom. The molecule has 0 saturated heterocycles. The van der Waals surface area contributed by atoms with Crippen LogP contribution in [-0.4, -0.2) is 12.6 Å². The lowest BCUT2D eigenvalue weighted by Gasteiger charge is -2.18. The van der Waals surface area contributed by atoms with Gasteiger partial charge in [0.2, 0.25) is 0 Å². The lowest BCUT2D eigenvalue weighted by molar-refractivity contribution is 0.532. The van der Waals surface area contributed by atoms with Crippen molar-refractivity contribution >= 4 is 0 Å². The van der Waals surface area contributed by atoms with Crippen molar-refractivity contribution in [3.63, 3.8) is 0 Å². The van der Waals surface area contributed by atoms with Gasteiger partial charge in [0.15, 0.2) is 0 Å². The third-order valence-corrected chi connectivity index (χ3v) is 3.87. The Labute approximate surface area is 98.3 Å². The van der Waals surface area contributed by atoms with E-state index in [1.165, 1.54) is 37.8 Å². The molecule has 1 nitrogen and oxygen atoms in total. The molecule has 1 aromatic rings. The van der Waals surface area contributed by atoms with Crippen molar-refractivity contribution in [2.24, 2.45) is 5.92 Å². The molecule has 16 heavy (non-hydrogen) atoms. The molecule has 2 saturated carbocycles. The van der Waals surface area contributed by atoms with E-state index in [0.717, 1.165) is 17.9 Å². The van der Waals surface area contributed by atoms with E-state index in [4.69, 9.17) is 0 Å². The Morgan fingerprint density at radius 2 is 2.06 bits per heavy atom. The van der Waals surface area contributed by atoms with Gasteiger partial charge in [0.1, 0.15) is 0 Å². The minimum atomic E-state index is 0.764. The summed E-state index contributed by atoms with van der Waals surface area (Å²) in [5.74, 6) is 1.72. The Bertz CT molecular complexity index is 363. The Balaban J connectivity index is 1.70. The summed E-state index contributed by atoms with van der Waals surface area (Å²) in [6.45, 7) is 3.39. The lowest BCUT2D eigenvalue weighted by atomic mass is 9.93. The molecule has 1 unspecified atom stereocenters. The summed E-state index contributed by atoms with van der Waals surface area (Å²) in [5, 5.41) is 3.70. The average Bonchev–Trinajstić information content (AvgIpc) is 3.13. The highest BCUT2D eigenvalue weighted by atomic mass is 14.9. The quantitative estimate of drug-likeness (QED) is 0.795. The molecule has 0 spiro atoms. The highest BCUT2D eigenvalue weighted by Gasteiger charge is 2.33. The van der Waals surface area contributed by atoms with Crippen molar-refractivity contribution in [3.05, 3.63) is 35.4 Å². The summed E-state index contributed by atoms with van der Waals surface area (Å²) in [7, 11) is 0. The van der Waals surface area contributed by atoms with Crippen molar-refractivity contribution < 1.29 is 0 Å². The van der Waals surface area contributed by atoms with Gasteiger partial charge >= 0.3 is 0 Å². The fourth-order valence-corrected chi connectivity index (χ4v) is 2.54. The third kappa shape index (κ3) is 2.46. The predicted octanol–water partition coefficient (Wildman–Crippen LogP) is 3.24. The van der Waals surface area contributed by atoms with Crippen LogP contribution in [0.3, 0.4) is 0 Å². The molecule has 0 amide bonds. The minimum Gasteiger partial charge on any atom is -0.313 e. The molecule has 0 heterocycles. The van der Waals surface area contributed by atoms with Crippen LogP contribution in [-0.2, 0) is 0 Å². The van der Waals surface area contributed by atoms with Gasteiger partial charge in [-0.3, -0.25) is 0 Å². The van der Waals surface area contributed by atoms with Crippen LogP contribution in [0.5, 0.6) is 0 Å². The largest absolute Gasteiger partial charge is 0.313 e. The van der Waals surface area contributed by atoms with Crippen molar-refractivity contribution in [2.75, 3.05) is 6.54 Å². The van der Waals surface area contributed by atoms with Crippen LogP contribution >= 0.6 is 0 Å². The van der Waals surface area contributed by atoms with Crippen molar-refractivity contribution in [1.82, 2.24) is 5.32 Å². The highest BCUT2D eigenvalue weighted by molar-refractivity contribution is 5.27. The van der Waals surface area contributed by atoms with Crippen LogP contribution in [0.1, 0.15) is 42.7 Å². The van der Waals surface area contributed by atoms with Gasteiger partial charge in [-0.25, -0.2) is 0 Å². The number of nitrogens with one attached hydrogen (secondary N) is 1. The second kappa shape index (κ2) is 4.21. The first-order valence-electron chi connectivity index (χ1n) is 6.63. The Morgan fingerprint density at radius 1 is 1.25 bits per heavy atom. The zero-order valence-corrected chi connectivity index (χ0v) is 10.1. The number of rotatable bonds is 5. The molecule has 3 rings (SSSR count). The zero-order chi connectivity index (χ0) is 11.0. The molecule has 1 N–H and O–H groups in total. The van der Waals surface area contributed by atoms with Crippen LogP contribution in [0.25, 0.3) is 0 Å². The van der Waals surface area contributed by atoms with E-state index >= 15 is 0 Å². The van der Waals surface area contributed by atoms with Gasteiger partial charge in [0.25, 0.3) is 0 Å². The molecule has 1 atom stereocenters. The SMILES string of the molecule is Cc1cccc(C(CNC2CC2)C2CC2)c1. The maximum Gasteiger partial charge on any atom is 0.00684 e. The van der Waals surface area contributed by atoms with Crippen LogP contribution < -0.4 is 5.32 Å². The Hall–Kier alpha value is -0.820. The molecule has 0 aromatic heterocycles. The van der Waals surface area contributed by atoms with Gasteiger partial charge in [-0.15, -0.1) is 0 Å². The fourth-order valence-electron chi connectivity index (χ4n) is 2.54. The summed E-state index contributed by atoms with van der Waals surface area (Å²) in [6.07, 6.45) is 5.66. The van der Waals surface area contributed by atoms with E-state index in [1.54, 1.807) is 5.56 Å². The lowest BCUT2D eigenvalue weighted by Crippen LogP contribution is -2.24.